The van der Waals surface area contributed by atoms with Gasteiger partial charge in [0, 0.05) is 11.2 Å². The number of para-hydroxylation sites is 2. The van der Waals surface area contributed by atoms with Gasteiger partial charge in [0.05, 0.1) is 0 Å². The Morgan fingerprint density at radius 1 is 1.16 bits per heavy atom. The lowest BCUT2D eigenvalue weighted by Gasteiger charge is -2.20. The fourth-order valence-electron chi connectivity index (χ4n) is 2.59. The van der Waals surface area contributed by atoms with Crippen LogP contribution in [0.4, 0.5) is 0 Å². The van der Waals surface area contributed by atoms with Gasteiger partial charge in [0.25, 0.3) is 0 Å². The number of alkyl halides is 1. The van der Waals surface area contributed by atoms with E-state index in [1.165, 1.54) is 25.7 Å². The van der Waals surface area contributed by atoms with E-state index in [0.29, 0.717) is 10.7 Å². The summed E-state index contributed by atoms with van der Waals surface area (Å²) in [5.74, 6) is 1.56. The van der Waals surface area contributed by atoms with Crippen LogP contribution >= 0.6 is 15.9 Å². The average molecular weight is 324 g/mol. The first kappa shape index (κ1) is 14.6. The Balaban J connectivity index is 2.05. The Hall–Kier alpha value is -0.830. The van der Waals surface area contributed by atoms with Crippen LogP contribution in [0, 0.1) is 5.92 Å². The van der Waals surface area contributed by atoms with Crippen molar-refractivity contribution in [3.05, 3.63) is 30.2 Å². The number of oxazole rings is 1. The first-order valence-corrected chi connectivity index (χ1v) is 8.14. The van der Waals surface area contributed by atoms with Gasteiger partial charge in [-0.2, -0.15) is 0 Å². The molecule has 1 aromatic carbocycles. The molecule has 0 saturated carbocycles. The van der Waals surface area contributed by atoms with E-state index in [1.807, 2.05) is 24.3 Å². The predicted octanol–water partition coefficient (Wildman–Crippen LogP) is 5.35. The van der Waals surface area contributed by atoms with Crippen LogP contribution in [0.2, 0.25) is 0 Å². The molecule has 2 rings (SSSR count). The van der Waals surface area contributed by atoms with Gasteiger partial charge < -0.3 is 4.42 Å². The van der Waals surface area contributed by atoms with E-state index < -0.39 is 0 Å². The SMILES string of the molecule is CCCC(CCC)C(Br)Cc1nc2ccccc2o1. The smallest absolute Gasteiger partial charge is 0.196 e. The highest BCUT2D eigenvalue weighted by atomic mass is 79.9. The molecule has 104 valence electrons. The van der Waals surface area contributed by atoms with Crippen molar-refractivity contribution >= 4 is 27.0 Å². The third kappa shape index (κ3) is 3.82. The van der Waals surface area contributed by atoms with Gasteiger partial charge in [-0.3, -0.25) is 0 Å². The van der Waals surface area contributed by atoms with E-state index in [2.05, 4.69) is 34.8 Å². The van der Waals surface area contributed by atoms with Crippen molar-refractivity contribution in [3.8, 4) is 0 Å². The molecule has 0 bridgehead atoms. The Bertz CT molecular complexity index is 469. The molecule has 19 heavy (non-hydrogen) atoms. The summed E-state index contributed by atoms with van der Waals surface area (Å²) in [5.41, 5.74) is 1.85. The van der Waals surface area contributed by atoms with Gasteiger partial charge in [-0.1, -0.05) is 54.8 Å². The molecule has 1 heterocycles. The number of rotatable bonds is 7. The van der Waals surface area contributed by atoms with Crippen molar-refractivity contribution in [2.45, 2.75) is 50.8 Å². The van der Waals surface area contributed by atoms with Crippen LogP contribution in [0.25, 0.3) is 11.1 Å². The van der Waals surface area contributed by atoms with E-state index in [-0.39, 0.29) is 0 Å². The number of fused-ring (bicyclic) bond motifs is 1. The van der Waals surface area contributed by atoms with Gasteiger partial charge in [-0.25, -0.2) is 4.98 Å². The van der Waals surface area contributed by atoms with Crippen molar-refractivity contribution in [2.24, 2.45) is 5.92 Å². The zero-order chi connectivity index (χ0) is 13.7. The maximum Gasteiger partial charge on any atom is 0.196 e. The summed E-state index contributed by atoms with van der Waals surface area (Å²) < 4.78 is 5.80. The summed E-state index contributed by atoms with van der Waals surface area (Å²) in [6.45, 7) is 4.50. The lowest BCUT2D eigenvalue weighted by Crippen LogP contribution is -2.17. The van der Waals surface area contributed by atoms with Crippen molar-refractivity contribution in [3.63, 3.8) is 0 Å². The van der Waals surface area contributed by atoms with E-state index >= 15 is 0 Å². The Morgan fingerprint density at radius 2 is 1.84 bits per heavy atom. The summed E-state index contributed by atoms with van der Waals surface area (Å²) in [6.07, 6.45) is 5.88. The minimum Gasteiger partial charge on any atom is -0.441 e. The largest absolute Gasteiger partial charge is 0.441 e. The fourth-order valence-corrected chi connectivity index (χ4v) is 3.39. The van der Waals surface area contributed by atoms with E-state index in [1.54, 1.807) is 0 Å². The first-order valence-electron chi connectivity index (χ1n) is 7.23. The van der Waals surface area contributed by atoms with Crippen molar-refractivity contribution in [1.82, 2.24) is 4.98 Å². The molecule has 0 amide bonds. The number of halogens is 1. The molecule has 0 N–H and O–H groups in total. The lowest BCUT2D eigenvalue weighted by molar-refractivity contribution is 0.406. The highest BCUT2D eigenvalue weighted by Gasteiger charge is 2.20. The highest BCUT2D eigenvalue weighted by molar-refractivity contribution is 9.09. The maximum atomic E-state index is 5.80. The Labute approximate surface area is 123 Å². The first-order chi connectivity index (χ1) is 9.24. The summed E-state index contributed by atoms with van der Waals surface area (Å²) >= 11 is 3.84. The Kier molecular flexibility index (Phi) is 5.44. The van der Waals surface area contributed by atoms with Crippen LogP contribution in [-0.2, 0) is 6.42 Å². The van der Waals surface area contributed by atoms with Gasteiger partial charge in [-0.15, -0.1) is 0 Å². The van der Waals surface area contributed by atoms with Crippen LogP contribution < -0.4 is 0 Å². The molecule has 0 spiro atoms. The monoisotopic (exact) mass is 323 g/mol. The molecule has 0 aliphatic carbocycles. The molecule has 3 heteroatoms. The summed E-state index contributed by atoms with van der Waals surface area (Å²) in [6, 6.07) is 7.96. The molecule has 0 radical (unpaired) electrons. The molecule has 0 saturated heterocycles. The minimum absolute atomic E-state index is 0.459. The van der Waals surface area contributed by atoms with Crippen LogP contribution in [0.15, 0.2) is 28.7 Å². The molecule has 0 fully saturated rings. The van der Waals surface area contributed by atoms with Crippen molar-refractivity contribution in [2.75, 3.05) is 0 Å². The third-order valence-electron chi connectivity index (χ3n) is 3.54. The van der Waals surface area contributed by atoms with Gasteiger partial charge >= 0.3 is 0 Å². The van der Waals surface area contributed by atoms with E-state index in [0.717, 1.165) is 23.4 Å². The van der Waals surface area contributed by atoms with Gasteiger partial charge in [-0.05, 0) is 30.9 Å². The van der Waals surface area contributed by atoms with Crippen LogP contribution in [-0.4, -0.2) is 9.81 Å². The van der Waals surface area contributed by atoms with Gasteiger partial charge in [0.1, 0.15) is 5.52 Å². The topological polar surface area (TPSA) is 26.0 Å². The molecule has 0 aliphatic heterocycles. The lowest BCUT2D eigenvalue weighted by atomic mass is 9.93. The zero-order valence-corrected chi connectivity index (χ0v) is 13.3. The normalized spacial score (nSPS) is 13.3. The zero-order valence-electron chi connectivity index (χ0n) is 11.7. The maximum absolute atomic E-state index is 5.80. The highest BCUT2D eigenvalue weighted by Crippen LogP contribution is 2.27. The molecular weight excluding hydrogens is 302 g/mol. The number of benzene rings is 1. The second-order valence-corrected chi connectivity index (χ2v) is 6.31. The number of nitrogens with zero attached hydrogens (tertiary/aromatic N) is 1. The van der Waals surface area contributed by atoms with Crippen LogP contribution in [0.1, 0.15) is 45.4 Å². The molecule has 2 aromatic rings. The standard InChI is InChI=1S/C16H22BrNO/c1-3-7-12(8-4-2)13(17)11-16-18-14-9-5-6-10-15(14)19-16/h5-6,9-10,12-13H,3-4,7-8,11H2,1-2H3. The number of hydrogen-bond acceptors (Lipinski definition) is 2. The summed E-state index contributed by atoms with van der Waals surface area (Å²) in [7, 11) is 0. The second kappa shape index (κ2) is 7.09. The molecule has 1 aromatic heterocycles. The molecule has 1 atom stereocenters. The molecular formula is C16H22BrNO. The molecule has 0 aliphatic rings. The summed E-state index contributed by atoms with van der Waals surface area (Å²) in [4.78, 5) is 5.02. The Morgan fingerprint density at radius 3 is 2.47 bits per heavy atom. The predicted molar refractivity (Wildman–Crippen MR) is 83.7 cm³/mol. The third-order valence-corrected chi connectivity index (χ3v) is 4.61. The van der Waals surface area contributed by atoms with E-state index in [9.17, 15) is 0 Å². The van der Waals surface area contributed by atoms with Gasteiger partial charge in [0.2, 0.25) is 0 Å². The van der Waals surface area contributed by atoms with Crippen molar-refractivity contribution in [1.29, 1.82) is 0 Å². The van der Waals surface area contributed by atoms with Crippen LogP contribution in [0.5, 0.6) is 0 Å². The minimum atomic E-state index is 0.459. The fraction of sp³-hybridized carbons (Fsp3) is 0.562. The molecule has 1 unspecified atom stereocenters. The average Bonchev–Trinajstić information content (AvgIpc) is 2.80. The van der Waals surface area contributed by atoms with Crippen LogP contribution in [0.3, 0.4) is 0 Å². The second-order valence-electron chi connectivity index (χ2n) is 5.13. The van der Waals surface area contributed by atoms with Crippen molar-refractivity contribution < 1.29 is 4.42 Å². The quantitative estimate of drug-likeness (QED) is 0.642. The molecule has 2 nitrogen and oxygen atoms in total. The van der Waals surface area contributed by atoms with Gasteiger partial charge in [0.15, 0.2) is 11.5 Å². The number of aromatic nitrogens is 1. The van der Waals surface area contributed by atoms with E-state index in [4.69, 9.17) is 4.42 Å². The summed E-state index contributed by atoms with van der Waals surface area (Å²) in [5, 5.41) is 0. The number of hydrogen-bond donors (Lipinski definition) is 0.